The van der Waals surface area contributed by atoms with Gasteiger partial charge in [0.25, 0.3) is 0 Å². The SMILES string of the molecule is CC=CC=CCC. The molecule has 0 heteroatoms. The van der Waals surface area contributed by atoms with Crippen LogP contribution < -0.4 is 0 Å². The summed E-state index contributed by atoms with van der Waals surface area (Å²) in [6.07, 6.45) is 9.36. The zero-order valence-electron chi connectivity index (χ0n) is 5.02. The van der Waals surface area contributed by atoms with E-state index in [9.17, 15) is 0 Å². The molecule has 0 aliphatic heterocycles. The number of hydrogen-bond acceptors (Lipinski definition) is 0. The van der Waals surface area contributed by atoms with E-state index in [2.05, 4.69) is 19.1 Å². The fourth-order valence-corrected chi connectivity index (χ4v) is 0.326. The molecule has 0 aliphatic carbocycles. The molecular formula is C7H12. The largest absolute Gasteiger partial charge is 0.0877 e. The van der Waals surface area contributed by atoms with E-state index in [0.29, 0.717) is 0 Å². The standard InChI is InChI=1S/C7H12/c1-3-5-7-6-4-2/h3,5-7H,4H2,1-2H3. The van der Waals surface area contributed by atoms with Crippen molar-refractivity contribution < 1.29 is 0 Å². The van der Waals surface area contributed by atoms with Crippen LogP contribution in [0.3, 0.4) is 0 Å². The summed E-state index contributed by atoms with van der Waals surface area (Å²) in [5.74, 6) is 0. The molecule has 0 spiro atoms. The van der Waals surface area contributed by atoms with E-state index < -0.39 is 0 Å². The summed E-state index contributed by atoms with van der Waals surface area (Å²) in [6, 6.07) is 0. The van der Waals surface area contributed by atoms with Gasteiger partial charge in [-0.15, -0.1) is 0 Å². The second kappa shape index (κ2) is 5.48. The summed E-state index contributed by atoms with van der Waals surface area (Å²) in [7, 11) is 0. The molecule has 0 aromatic carbocycles. The average Bonchev–Trinajstić information content (AvgIpc) is 1.69. The molecule has 0 bridgehead atoms. The molecule has 0 nitrogen and oxygen atoms in total. The van der Waals surface area contributed by atoms with Crippen LogP contribution in [0.4, 0.5) is 0 Å². The molecule has 7 heavy (non-hydrogen) atoms. The molecule has 0 saturated heterocycles. The lowest BCUT2D eigenvalue weighted by molar-refractivity contribution is 1.22. The number of hydrogen-bond donors (Lipinski definition) is 0. The second-order valence-corrected chi connectivity index (χ2v) is 1.36. The van der Waals surface area contributed by atoms with Gasteiger partial charge >= 0.3 is 0 Å². The molecule has 0 saturated carbocycles. The highest BCUT2D eigenvalue weighted by molar-refractivity contribution is 5.00. The smallest absolute Gasteiger partial charge is 0.0376 e. The van der Waals surface area contributed by atoms with Crippen molar-refractivity contribution in [2.75, 3.05) is 0 Å². The predicted octanol–water partition coefficient (Wildman–Crippen LogP) is 2.53. The van der Waals surface area contributed by atoms with Crippen LogP contribution in [0, 0.1) is 0 Å². The Kier molecular flexibility index (Phi) is 5.07. The van der Waals surface area contributed by atoms with E-state index >= 15 is 0 Å². The fraction of sp³-hybridized carbons (Fsp3) is 0.429. The van der Waals surface area contributed by atoms with E-state index in [1.54, 1.807) is 0 Å². The zero-order valence-corrected chi connectivity index (χ0v) is 5.02. The van der Waals surface area contributed by atoms with E-state index in [0.717, 1.165) is 6.42 Å². The van der Waals surface area contributed by atoms with Gasteiger partial charge < -0.3 is 0 Å². The van der Waals surface area contributed by atoms with Crippen molar-refractivity contribution in [1.29, 1.82) is 0 Å². The van der Waals surface area contributed by atoms with Gasteiger partial charge in [-0.25, -0.2) is 0 Å². The maximum absolute atomic E-state index is 2.12. The van der Waals surface area contributed by atoms with E-state index in [1.165, 1.54) is 0 Å². The van der Waals surface area contributed by atoms with Crippen molar-refractivity contribution in [2.45, 2.75) is 20.3 Å². The van der Waals surface area contributed by atoms with Crippen LogP contribution in [-0.4, -0.2) is 0 Å². The third kappa shape index (κ3) is 5.48. The minimum absolute atomic E-state index is 1.13. The summed E-state index contributed by atoms with van der Waals surface area (Å²) >= 11 is 0. The van der Waals surface area contributed by atoms with Gasteiger partial charge in [-0.2, -0.15) is 0 Å². The van der Waals surface area contributed by atoms with Crippen molar-refractivity contribution in [3.63, 3.8) is 0 Å². The third-order valence-electron chi connectivity index (χ3n) is 0.675. The highest BCUT2D eigenvalue weighted by atomic mass is 13.6. The normalized spacial score (nSPS) is 11.7. The van der Waals surface area contributed by atoms with Gasteiger partial charge in [0.15, 0.2) is 0 Å². The summed E-state index contributed by atoms with van der Waals surface area (Å²) in [5.41, 5.74) is 0. The third-order valence-corrected chi connectivity index (χ3v) is 0.675. The van der Waals surface area contributed by atoms with Gasteiger partial charge in [-0.05, 0) is 13.3 Å². The van der Waals surface area contributed by atoms with Gasteiger partial charge in [-0.3, -0.25) is 0 Å². The van der Waals surface area contributed by atoms with Crippen LogP contribution in [0.25, 0.3) is 0 Å². The first-order valence-corrected chi connectivity index (χ1v) is 2.69. The maximum atomic E-state index is 2.12. The first-order valence-electron chi connectivity index (χ1n) is 2.69. The van der Waals surface area contributed by atoms with Gasteiger partial charge in [0.2, 0.25) is 0 Å². The molecule has 0 aliphatic rings. The highest BCUT2D eigenvalue weighted by Gasteiger charge is 1.57. The Hall–Kier alpha value is -0.520. The van der Waals surface area contributed by atoms with Crippen molar-refractivity contribution in [1.82, 2.24) is 0 Å². The summed E-state index contributed by atoms with van der Waals surface area (Å²) in [6.45, 7) is 4.14. The number of rotatable bonds is 2. The molecule has 0 N–H and O–H groups in total. The summed E-state index contributed by atoms with van der Waals surface area (Å²) in [5, 5.41) is 0. The molecule has 0 atom stereocenters. The maximum Gasteiger partial charge on any atom is -0.0376 e. The molecule has 0 aromatic heterocycles. The highest BCUT2D eigenvalue weighted by Crippen LogP contribution is 1.79. The zero-order chi connectivity index (χ0) is 5.54. The molecular weight excluding hydrogens is 84.1 g/mol. The Balaban J connectivity index is 3.09. The molecule has 0 fully saturated rings. The quantitative estimate of drug-likeness (QED) is 0.463. The van der Waals surface area contributed by atoms with Crippen molar-refractivity contribution in [3.05, 3.63) is 24.3 Å². The van der Waals surface area contributed by atoms with Crippen LogP contribution >= 0.6 is 0 Å². The summed E-state index contributed by atoms with van der Waals surface area (Å²) < 4.78 is 0. The van der Waals surface area contributed by atoms with Gasteiger partial charge in [0, 0.05) is 0 Å². The van der Waals surface area contributed by atoms with E-state index in [4.69, 9.17) is 0 Å². The minimum Gasteiger partial charge on any atom is -0.0877 e. The average molecular weight is 96.2 g/mol. The van der Waals surface area contributed by atoms with Crippen LogP contribution in [0.2, 0.25) is 0 Å². The van der Waals surface area contributed by atoms with Crippen LogP contribution in [0.5, 0.6) is 0 Å². The van der Waals surface area contributed by atoms with Gasteiger partial charge in [0.05, 0.1) is 0 Å². The predicted molar refractivity (Wildman–Crippen MR) is 34.2 cm³/mol. The first-order chi connectivity index (χ1) is 3.41. The molecule has 0 radical (unpaired) electrons. The molecule has 0 rings (SSSR count). The van der Waals surface area contributed by atoms with Gasteiger partial charge in [0.1, 0.15) is 0 Å². The Morgan fingerprint density at radius 2 is 2.00 bits per heavy atom. The lowest BCUT2D eigenvalue weighted by Gasteiger charge is -1.70. The van der Waals surface area contributed by atoms with Crippen molar-refractivity contribution >= 4 is 0 Å². The summed E-state index contributed by atoms with van der Waals surface area (Å²) in [4.78, 5) is 0. The van der Waals surface area contributed by atoms with Crippen LogP contribution in [-0.2, 0) is 0 Å². The van der Waals surface area contributed by atoms with Crippen molar-refractivity contribution in [3.8, 4) is 0 Å². The van der Waals surface area contributed by atoms with Crippen molar-refractivity contribution in [2.24, 2.45) is 0 Å². The molecule has 40 valence electrons. The topological polar surface area (TPSA) is 0 Å². The minimum atomic E-state index is 1.13. The molecule has 0 unspecified atom stereocenters. The Morgan fingerprint density at radius 1 is 1.29 bits per heavy atom. The molecule has 0 amide bonds. The van der Waals surface area contributed by atoms with Gasteiger partial charge in [-0.1, -0.05) is 31.2 Å². The van der Waals surface area contributed by atoms with Crippen LogP contribution in [0.1, 0.15) is 20.3 Å². The molecule has 0 aromatic rings. The second-order valence-electron chi connectivity index (χ2n) is 1.36. The van der Waals surface area contributed by atoms with Crippen LogP contribution in [0.15, 0.2) is 24.3 Å². The Morgan fingerprint density at radius 3 is 2.43 bits per heavy atom. The fourth-order valence-electron chi connectivity index (χ4n) is 0.326. The monoisotopic (exact) mass is 96.1 g/mol. The van der Waals surface area contributed by atoms with E-state index in [-0.39, 0.29) is 0 Å². The molecule has 0 heterocycles. The van der Waals surface area contributed by atoms with E-state index in [1.807, 2.05) is 19.1 Å². The Bertz CT molecular complexity index is 68.1. The lowest BCUT2D eigenvalue weighted by atomic mass is 10.4. The number of allylic oxidation sites excluding steroid dienone is 4. The lowest BCUT2D eigenvalue weighted by Crippen LogP contribution is -1.48. The Labute approximate surface area is 45.5 Å². The first kappa shape index (κ1) is 6.48.